The summed E-state index contributed by atoms with van der Waals surface area (Å²) in [5, 5.41) is 9.46. The van der Waals surface area contributed by atoms with Gasteiger partial charge in [-0.25, -0.2) is 0 Å². The molecule has 0 rings (SSSR count). The van der Waals surface area contributed by atoms with E-state index in [4.69, 9.17) is 0 Å². The minimum absolute atomic E-state index is 0.0573. The number of rotatable bonds is 10. The Hall–Kier alpha value is -0.0400. The molecule has 0 heterocycles. The van der Waals surface area contributed by atoms with E-state index in [1.165, 1.54) is 44.9 Å². The molecular formula is C14H30O. The molecule has 0 saturated heterocycles. The van der Waals surface area contributed by atoms with Gasteiger partial charge >= 0.3 is 0 Å². The van der Waals surface area contributed by atoms with Crippen LogP contribution in [0.5, 0.6) is 0 Å². The van der Waals surface area contributed by atoms with Crippen LogP contribution in [0, 0.1) is 5.92 Å². The first-order valence-corrected chi connectivity index (χ1v) is 6.92. The highest BCUT2D eigenvalue weighted by Gasteiger charge is 2.07. The zero-order valence-corrected chi connectivity index (χ0v) is 11.0. The lowest BCUT2D eigenvalue weighted by molar-refractivity contribution is 0.154. The van der Waals surface area contributed by atoms with E-state index in [0.717, 1.165) is 18.8 Å². The van der Waals surface area contributed by atoms with Gasteiger partial charge in [-0.3, -0.25) is 0 Å². The van der Waals surface area contributed by atoms with E-state index in [-0.39, 0.29) is 6.10 Å². The smallest absolute Gasteiger partial charge is 0.0537 e. The second kappa shape index (κ2) is 10.5. The summed E-state index contributed by atoms with van der Waals surface area (Å²) in [7, 11) is 0. The molecule has 0 aromatic heterocycles. The summed E-state index contributed by atoms with van der Waals surface area (Å²) in [6, 6.07) is 0. The van der Waals surface area contributed by atoms with Crippen molar-refractivity contribution in [3.8, 4) is 0 Å². The van der Waals surface area contributed by atoms with Gasteiger partial charge in [-0.05, 0) is 18.8 Å². The van der Waals surface area contributed by atoms with Crippen LogP contribution < -0.4 is 0 Å². The number of unbranched alkanes of at least 4 members (excludes halogenated alkanes) is 2. The first kappa shape index (κ1) is 15.0. The van der Waals surface area contributed by atoms with Crippen LogP contribution >= 0.6 is 0 Å². The summed E-state index contributed by atoms with van der Waals surface area (Å²) in [5.41, 5.74) is 0. The highest BCUT2D eigenvalue weighted by Crippen LogP contribution is 2.20. The lowest BCUT2D eigenvalue weighted by Gasteiger charge is -2.15. The molecule has 1 N–H and O–H groups in total. The molecule has 0 bridgehead atoms. The van der Waals surface area contributed by atoms with Crippen LogP contribution in [0.3, 0.4) is 0 Å². The number of aliphatic hydroxyl groups excluding tert-OH is 1. The van der Waals surface area contributed by atoms with Crippen molar-refractivity contribution in [1.82, 2.24) is 0 Å². The lowest BCUT2D eigenvalue weighted by atomic mass is 9.92. The Bertz CT molecular complexity index is 123. The van der Waals surface area contributed by atoms with Gasteiger partial charge in [0.1, 0.15) is 0 Å². The van der Waals surface area contributed by atoms with Gasteiger partial charge in [0.25, 0.3) is 0 Å². The lowest BCUT2D eigenvalue weighted by Crippen LogP contribution is -2.06. The van der Waals surface area contributed by atoms with Gasteiger partial charge in [0, 0.05) is 0 Å². The summed E-state index contributed by atoms with van der Waals surface area (Å²) in [4.78, 5) is 0. The standard InChI is InChI=1S/C14H30O/c1-4-7-8-10-13(5-2)11-9-12-14(15)6-3/h13-15H,4-12H2,1-3H3. The molecular weight excluding hydrogens is 184 g/mol. The van der Waals surface area contributed by atoms with Crippen LogP contribution in [0.15, 0.2) is 0 Å². The second-order valence-corrected chi connectivity index (χ2v) is 4.76. The molecule has 0 spiro atoms. The van der Waals surface area contributed by atoms with Gasteiger partial charge in [-0.1, -0.05) is 65.7 Å². The van der Waals surface area contributed by atoms with E-state index in [2.05, 4.69) is 20.8 Å². The summed E-state index contributed by atoms with van der Waals surface area (Å²) in [5.74, 6) is 0.903. The molecule has 0 saturated carbocycles. The molecule has 0 aromatic rings. The van der Waals surface area contributed by atoms with Crippen molar-refractivity contribution in [2.75, 3.05) is 0 Å². The number of hydrogen-bond acceptors (Lipinski definition) is 1. The Kier molecular flexibility index (Phi) is 10.4. The Morgan fingerprint density at radius 1 is 0.800 bits per heavy atom. The van der Waals surface area contributed by atoms with E-state index < -0.39 is 0 Å². The summed E-state index contributed by atoms with van der Waals surface area (Å²) in [6.07, 6.45) is 11.2. The third kappa shape index (κ3) is 8.92. The number of hydrogen-bond donors (Lipinski definition) is 1. The third-order valence-corrected chi connectivity index (χ3v) is 3.41. The molecule has 1 heteroatoms. The molecule has 0 aliphatic heterocycles. The van der Waals surface area contributed by atoms with Crippen molar-refractivity contribution < 1.29 is 5.11 Å². The van der Waals surface area contributed by atoms with Crippen LogP contribution in [0.25, 0.3) is 0 Å². The van der Waals surface area contributed by atoms with Gasteiger partial charge in [0.05, 0.1) is 6.10 Å². The Labute approximate surface area is 96.3 Å². The highest BCUT2D eigenvalue weighted by molar-refractivity contribution is 4.60. The molecule has 2 unspecified atom stereocenters. The first-order valence-electron chi connectivity index (χ1n) is 6.92. The summed E-state index contributed by atoms with van der Waals surface area (Å²) >= 11 is 0. The molecule has 1 nitrogen and oxygen atoms in total. The molecule has 0 aliphatic rings. The highest BCUT2D eigenvalue weighted by atomic mass is 16.3. The van der Waals surface area contributed by atoms with Crippen LogP contribution in [-0.4, -0.2) is 11.2 Å². The third-order valence-electron chi connectivity index (χ3n) is 3.41. The van der Waals surface area contributed by atoms with E-state index in [1.807, 2.05) is 0 Å². The van der Waals surface area contributed by atoms with Crippen molar-refractivity contribution in [2.45, 2.75) is 84.7 Å². The topological polar surface area (TPSA) is 20.2 Å². The fourth-order valence-corrected chi connectivity index (χ4v) is 2.08. The van der Waals surface area contributed by atoms with Gasteiger partial charge in [-0.15, -0.1) is 0 Å². The van der Waals surface area contributed by atoms with E-state index in [1.54, 1.807) is 0 Å². The van der Waals surface area contributed by atoms with Crippen molar-refractivity contribution in [1.29, 1.82) is 0 Å². The van der Waals surface area contributed by atoms with Crippen LogP contribution in [0.1, 0.15) is 78.6 Å². The SMILES string of the molecule is CCCCCC(CC)CCCC(O)CC. The van der Waals surface area contributed by atoms with Crippen molar-refractivity contribution in [3.05, 3.63) is 0 Å². The Balaban J connectivity index is 3.43. The van der Waals surface area contributed by atoms with E-state index in [9.17, 15) is 5.11 Å². The van der Waals surface area contributed by atoms with Gasteiger partial charge in [0.15, 0.2) is 0 Å². The molecule has 2 atom stereocenters. The van der Waals surface area contributed by atoms with E-state index in [0.29, 0.717) is 0 Å². The molecule has 0 radical (unpaired) electrons. The molecule has 0 fully saturated rings. The predicted octanol–water partition coefficient (Wildman–Crippen LogP) is 4.53. The monoisotopic (exact) mass is 214 g/mol. The molecule has 15 heavy (non-hydrogen) atoms. The van der Waals surface area contributed by atoms with Gasteiger partial charge < -0.3 is 5.11 Å². The average Bonchev–Trinajstić information content (AvgIpc) is 2.26. The summed E-state index contributed by atoms with van der Waals surface area (Å²) < 4.78 is 0. The van der Waals surface area contributed by atoms with Gasteiger partial charge in [0.2, 0.25) is 0 Å². The first-order chi connectivity index (χ1) is 7.24. The fraction of sp³-hybridized carbons (Fsp3) is 1.00. The minimum Gasteiger partial charge on any atom is -0.393 e. The van der Waals surface area contributed by atoms with Crippen LogP contribution in [0.2, 0.25) is 0 Å². The maximum Gasteiger partial charge on any atom is 0.0537 e. The molecule has 0 amide bonds. The zero-order valence-electron chi connectivity index (χ0n) is 11.0. The quantitative estimate of drug-likeness (QED) is 0.530. The van der Waals surface area contributed by atoms with Crippen LogP contribution in [0.4, 0.5) is 0 Å². The van der Waals surface area contributed by atoms with Gasteiger partial charge in [-0.2, -0.15) is 0 Å². The minimum atomic E-state index is -0.0573. The predicted molar refractivity (Wildman–Crippen MR) is 68.1 cm³/mol. The maximum absolute atomic E-state index is 9.46. The fourth-order valence-electron chi connectivity index (χ4n) is 2.08. The van der Waals surface area contributed by atoms with E-state index >= 15 is 0 Å². The maximum atomic E-state index is 9.46. The molecule has 0 aliphatic carbocycles. The summed E-state index contributed by atoms with van der Waals surface area (Å²) in [6.45, 7) is 6.62. The van der Waals surface area contributed by atoms with Crippen molar-refractivity contribution >= 4 is 0 Å². The normalized spacial score (nSPS) is 15.2. The van der Waals surface area contributed by atoms with Crippen molar-refractivity contribution in [2.24, 2.45) is 5.92 Å². The largest absolute Gasteiger partial charge is 0.393 e. The molecule has 92 valence electrons. The zero-order chi connectivity index (χ0) is 11.5. The number of aliphatic hydroxyl groups is 1. The second-order valence-electron chi connectivity index (χ2n) is 4.76. The Morgan fingerprint density at radius 2 is 1.47 bits per heavy atom. The van der Waals surface area contributed by atoms with Crippen molar-refractivity contribution in [3.63, 3.8) is 0 Å². The average molecular weight is 214 g/mol. The Morgan fingerprint density at radius 3 is 2.00 bits per heavy atom. The van der Waals surface area contributed by atoms with Crippen LogP contribution in [-0.2, 0) is 0 Å². The molecule has 0 aromatic carbocycles.